The van der Waals surface area contributed by atoms with Crippen molar-refractivity contribution in [3.63, 3.8) is 0 Å². The number of hydrogen-bond acceptors (Lipinski definition) is 1. The number of carbonyl (C=O) groups excluding carboxylic acids is 1. The maximum absolute atomic E-state index is 11.2. The van der Waals surface area contributed by atoms with E-state index in [4.69, 9.17) is 11.6 Å². The molecular formula is C15H19ClO. The molecule has 0 amide bonds. The molecule has 1 aromatic carbocycles. The van der Waals surface area contributed by atoms with E-state index in [1.54, 1.807) is 0 Å². The number of carbonyl (C=O) groups is 1. The van der Waals surface area contributed by atoms with Crippen molar-refractivity contribution in [2.75, 3.05) is 0 Å². The molecule has 17 heavy (non-hydrogen) atoms. The van der Waals surface area contributed by atoms with Gasteiger partial charge in [0.1, 0.15) is 0 Å². The molecule has 1 saturated carbocycles. The Morgan fingerprint density at radius 1 is 1.29 bits per heavy atom. The standard InChI is InChI=1S/C15H19ClO/c1-11-6-8-13(9-7-11)14(10-15(16)17)12-4-2-3-5-12/h6-9,12,14H,2-5,10H2,1H3. The second-order valence-corrected chi connectivity index (χ2v) is 5.54. The maximum Gasteiger partial charge on any atom is 0.222 e. The molecule has 1 aliphatic rings. The fourth-order valence-electron chi connectivity index (χ4n) is 2.90. The van der Waals surface area contributed by atoms with Crippen LogP contribution in [0.2, 0.25) is 0 Å². The zero-order valence-corrected chi connectivity index (χ0v) is 11.0. The average molecular weight is 251 g/mol. The van der Waals surface area contributed by atoms with Crippen LogP contribution in [0.25, 0.3) is 0 Å². The van der Waals surface area contributed by atoms with Gasteiger partial charge in [0.05, 0.1) is 0 Å². The molecule has 0 bridgehead atoms. The molecule has 0 N–H and O–H groups in total. The number of hydrogen-bond donors (Lipinski definition) is 0. The fourth-order valence-corrected chi connectivity index (χ4v) is 3.07. The van der Waals surface area contributed by atoms with Crippen LogP contribution in [0.5, 0.6) is 0 Å². The van der Waals surface area contributed by atoms with Crippen LogP contribution < -0.4 is 0 Å². The highest BCUT2D eigenvalue weighted by atomic mass is 35.5. The van der Waals surface area contributed by atoms with E-state index in [0.29, 0.717) is 18.3 Å². The van der Waals surface area contributed by atoms with Gasteiger partial charge >= 0.3 is 0 Å². The van der Waals surface area contributed by atoms with E-state index in [1.807, 2.05) is 0 Å². The van der Waals surface area contributed by atoms with Crippen LogP contribution in [0.1, 0.15) is 49.1 Å². The normalized spacial score (nSPS) is 18.2. The monoisotopic (exact) mass is 250 g/mol. The van der Waals surface area contributed by atoms with E-state index >= 15 is 0 Å². The summed E-state index contributed by atoms with van der Waals surface area (Å²) in [5, 5.41) is -0.206. The predicted octanol–water partition coefficient (Wildman–Crippen LogP) is 4.42. The zero-order chi connectivity index (χ0) is 12.3. The number of rotatable bonds is 4. The summed E-state index contributed by atoms with van der Waals surface area (Å²) in [4.78, 5) is 11.2. The lowest BCUT2D eigenvalue weighted by atomic mass is 9.82. The van der Waals surface area contributed by atoms with Gasteiger partial charge < -0.3 is 0 Å². The molecule has 0 aromatic heterocycles. The first-order valence-corrected chi connectivity index (χ1v) is 6.79. The van der Waals surface area contributed by atoms with Gasteiger partial charge in [0.25, 0.3) is 0 Å². The number of aryl methyl sites for hydroxylation is 1. The first-order chi connectivity index (χ1) is 8.16. The van der Waals surface area contributed by atoms with Gasteiger partial charge in [-0.3, -0.25) is 4.79 Å². The van der Waals surface area contributed by atoms with E-state index in [-0.39, 0.29) is 5.24 Å². The minimum atomic E-state index is -0.206. The molecule has 1 atom stereocenters. The van der Waals surface area contributed by atoms with Crippen molar-refractivity contribution in [3.05, 3.63) is 35.4 Å². The smallest absolute Gasteiger partial charge is 0.222 e. The van der Waals surface area contributed by atoms with Crippen LogP contribution in [0.15, 0.2) is 24.3 Å². The molecule has 1 fully saturated rings. The van der Waals surface area contributed by atoms with Gasteiger partial charge in [-0.2, -0.15) is 0 Å². The Bertz CT molecular complexity index is 376. The Morgan fingerprint density at radius 3 is 2.41 bits per heavy atom. The van der Waals surface area contributed by atoms with Gasteiger partial charge in [0.2, 0.25) is 5.24 Å². The Labute approximate surface area is 108 Å². The largest absolute Gasteiger partial charge is 0.281 e. The molecule has 0 aliphatic heterocycles. The number of benzene rings is 1. The molecule has 0 saturated heterocycles. The molecule has 1 unspecified atom stereocenters. The van der Waals surface area contributed by atoms with Crippen LogP contribution in [-0.4, -0.2) is 5.24 Å². The average Bonchev–Trinajstić information content (AvgIpc) is 2.80. The Hall–Kier alpha value is -0.820. The third-order valence-corrected chi connectivity index (χ3v) is 4.01. The van der Waals surface area contributed by atoms with Crippen molar-refractivity contribution in [2.45, 2.75) is 44.9 Å². The molecule has 1 aliphatic carbocycles. The zero-order valence-electron chi connectivity index (χ0n) is 10.3. The molecule has 2 rings (SSSR count). The summed E-state index contributed by atoms with van der Waals surface area (Å²) in [6.07, 6.45) is 5.55. The lowest BCUT2D eigenvalue weighted by Crippen LogP contribution is -2.12. The van der Waals surface area contributed by atoms with Crippen LogP contribution in [0.4, 0.5) is 0 Å². The predicted molar refractivity (Wildman–Crippen MR) is 71.4 cm³/mol. The summed E-state index contributed by atoms with van der Waals surface area (Å²) in [7, 11) is 0. The van der Waals surface area contributed by atoms with E-state index in [9.17, 15) is 4.79 Å². The van der Waals surface area contributed by atoms with Crippen molar-refractivity contribution in [1.29, 1.82) is 0 Å². The van der Waals surface area contributed by atoms with Crippen LogP contribution >= 0.6 is 11.6 Å². The highest BCUT2D eigenvalue weighted by molar-refractivity contribution is 6.63. The third-order valence-electron chi connectivity index (χ3n) is 3.85. The van der Waals surface area contributed by atoms with E-state index in [1.165, 1.54) is 36.8 Å². The van der Waals surface area contributed by atoms with Crippen molar-refractivity contribution >= 4 is 16.8 Å². The first-order valence-electron chi connectivity index (χ1n) is 6.41. The van der Waals surface area contributed by atoms with Crippen molar-refractivity contribution in [2.24, 2.45) is 5.92 Å². The molecule has 2 heteroatoms. The maximum atomic E-state index is 11.2. The molecule has 0 spiro atoms. The van der Waals surface area contributed by atoms with E-state index in [2.05, 4.69) is 31.2 Å². The van der Waals surface area contributed by atoms with Gasteiger partial charge in [-0.15, -0.1) is 0 Å². The van der Waals surface area contributed by atoms with Crippen LogP contribution in [0, 0.1) is 12.8 Å². The van der Waals surface area contributed by atoms with Crippen molar-refractivity contribution in [3.8, 4) is 0 Å². The minimum absolute atomic E-state index is 0.206. The van der Waals surface area contributed by atoms with Crippen LogP contribution in [0.3, 0.4) is 0 Å². The second-order valence-electron chi connectivity index (χ2n) is 5.12. The quantitative estimate of drug-likeness (QED) is 0.723. The Balaban J connectivity index is 2.19. The van der Waals surface area contributed by atoms with Gasteiger partial charge in [0, 0.05) is 6.42 Å². The van der Waals surface area contributed by atoms with Gasteiger partial charge in [0.15, 0.2) is 0 Å². The summed E-state index contributed by atoms with van der Waals surface area (Å²) in [6.45, 7) is 2.08. The summed E-state index contributed by atoms with van der Waals surface area (Å²) < 4.78 is 0. The lowest BCUT2D eigenvalue weighted by Gasteiger charge is -2.22. The van der Waals surface area contributed by atoms with Crippen molar-refractivity contribution < 1.29 is 4.79 Å². The first kappa shape index (κ1) is 12.6. The van der Waals surface area contributed by atoms with E-state index < -0.39 is 0 Å². The van der Waals surface area contributed by atoms with Gasteiger partial charge in [-0.05, 0) is 48.8 Å². The summed E-state index contributed by atoms with van der Waals surface area (Å²) in [6, 6.07) is 8.54. The minimum Gasteiger partial charge on any atom is -0.281 e. The highest BCUT2D eigenvalue weighted by Gasteiger charge is 2.27. The van der Waals surface area contributed by atoms with Gasteiger partial charge in [-0.1, -0.05) is 42.7 Å². The molecular weight excluding hydrogens is 232 g/mol. The lowest BCUT2D eigenvalue weighted by molar-refractivity contribution is -0.112. The Morgan fingerprint density at radius 2 is 1.88 bits per heavy atom. The molecule has 1 nitrogen and oxygen atoms in total. The molecule has 92 valence electrons. The van der Waals surface area contributed by atoms with E-state index in [0.717, 1.165) is 0 Å². The number of halogens is 1. The van der Waals surface area contributed by atoms with Crippen LogP contribution in [-0.2, 0) is 4.79 Å². The Kier molecular flexibility index (Phi) is 4.22. The summed E-state index contributed by atoms with van der Waals surface area (Å²) in [5.41, 5.74) is 2.53. The SMILES string of the molecule is Cc1ccc(C(CC(=O)Cl)C2CCCC2)cc1. The summed E-state index contributed by atoms with van der Waals surface area (Å²) >= 11 is 5.59. The molecule has 1 aromatic rings. The molecule has 0 radical (unpaired) electrons. The fraction of sp³-hybridized carbons (Fsp3) is 0.533. The topological polar surface area (TPSA) is 17.1 Å². The second kappa shape index (κ2) is 5.68. The summed E-state index contributed by atoms with van der Waals surface area (Å²) in [5.74, 6) is 0.962. The third kappa shape index (κ3) is 3.32. The van der Waals surface area contributed by atoms with Gasteiger partial charge in [-0.25, -0.2) is 0 Å². The van der Waals surface area contributed by atoms with Crippen molar-refractivity contribution in [1.82, 2.24) is 0 Å². The highest BCUT2D eigenvalue weighted by Crippen LogP contribution is 2.39. The molecule has 0 heterocycles.